The second-order valence-electron chi connectivity index (χ2n) is 4.38. The van der Waals surface area contributed by atoms with Crippen molar-refractivity contribution in [2.45, 2.75) is 51.0 Å². The molecule has 1 unspecified atom stereocenters. The van der Waals surface area contributed by atoms with Gasteiger partial charge in [0.25, 0.3) is 9.84 Å². The lowest BCUT2D eigenvalue weighted by molar-refractivity contribution is -0.0427. The maximum absolute atomic E-state index is 12.3. The molecule has 0 fully saturated rings. The van der Waals surface area contributed by atoms with Crippen LogP contribution in [-0.2, 0) is 9.84 Å². The second kappa shape index (κ2) is 5.42. The van der Waals surface area contributed by atoms with Crippen LogP contribution in [0.15, 0.2) is 11.0 Å². The Morgan fingerprint density at radius 2 is 2.00 bits per heavy atom. The molecule has 0 spiro atoms. The van der Waals surface area contributed by atoms with Crippen LogP contribution in [0.2, 0.25) is 0 Å². The Morgan fingerprint density at radius 1 is 1.35 bits per heavy atom. The zero-order valence-corrected chi connectivity index (χ0v) is 10.6. The molecule has 0 amide bonds. The summed E-state index contributed by atoms with van der Waals surface area (Å²) in [5.41, 5.74) is -5.16. The molecule has 0 saturated carbocycles. The molecule has 0 aliphatic heterocycles. The first-order valence-corrected chi connectivity index (χ1v) is 7.29. The van der Waals surface area contributed by atoms with Gasteiger partial charge in [-0.05, 0) is 25.2 Å². The molecule has 6 heteroatoms. The monoisotopic (exact) mass is 270 g/mol. The van der Waals surface area contributed by atoms with Crippen LogP contribution in [0, 0.1) is 5.92 Å². The molecule has 1 atom stereocenters. The minimum atomic E-state index is -5.16. The third-order valence-corrected chi connectivity index (χ3v) is 4.65. The summed E-state index contributed by atoms with van der Waals surface area (Å²) >= 11 is 0. The van der Waals surface area contributed by atoms with Crippen molar-refractivity contribution in [3.05, 3.63) is 11.0 Å². The van der Waals surface area contributed by atoms with Crippen LogP contribution in [0.5, 0.6) is 0 Å². The second-order valence-corrected chi connectivity index (χ2v) is 6.37. The van der Waals surface area contributed by atoms with Crippen LogP contribution >= 0.6 is 0 Å². The lowest BCUT2D eigenvalue weighted by Crippen LogP contribution is -2.24. The highest BCUT2D eigenvalue weighted by Gasteiger charge is 2.48. The summed E-state index contributed by atoms with van der Waals surface area (Å²) in [6.07, 6.45) is 5.66. The summed E-state index contributed by atoms with van der Waals surface area (Å²) in [4.78, 5) is -0.438. The predicted octanol–water partition coefficient (Wildman–Crippen LogP) is 3.80. The van der Waals surface area contributed by atoms with Crippen molar-refractivity contribution in [1.82, 2.24) is 0 Å². The summed E-state index contributed by atoms with van der Waals surface area (Å²) in [5, 5.41) is 0. The van der Waals surface area contributed by atoms with Gasteiger partial charge in [0.1, 0.15) is 0 Å². The molecule has 0 radical (unpaired) electrons. The first-order valence-electron chi connectivity index (χ1n) is 5.81. The molecular weight excluding hydrogens is 253 g/mol. The van der Waals surface area contributed by atoms with Crippen molar-refractivity contribution < 1.29 is 21.6 Å². The number of hydrogen-bond donors (Lipinski definition) is 0. The zero-order valence-electron chi connectivity index (χ0n) is 9.76. The van der Waals surface area contributed by atoms with Gasteiger partial charge >= 0.3 is 5.51 Å². The zero-order chi connectivity index (χ0) is 13.1. The number of halogens is 3. The van der Waals surface area contributed by atoms with E-state index in [1.165, 1.54) is 6.08 Å². The molecule has 2 nitrogen and oxygen atoms in total. The molecule has 0 N–H and O–H groups in total. The van der Waals surface area contributed by atoms with Gasteiger partial charge in [-0.3, -0.25) is 0 Å². The Kier molecular flexibility index (Phi) is 4.63. The van der Waals surface area contributed by atoms with Gasteiger partial charge in [-0.15, -0.1) is 0 Å². The molecule has 0 heterocycles. The van der Waals surface area contributed by atoms with Crippen LogP contribution < -0.4 is 0 Å². The van der Waals surface area contributed by atoms with Gasteiger partial charge in [0, 0.05) is 4.91 Å². The fourth-order valence-electron chi connectivity index (χ4n) is 2.01. The molecular formula is C11H17F3O2S. The highest BCUT2D eigenvalue weighted by molar-refractivity contribution is 7.96. The molecule has 1 aliphatic carbocycles. The number of rotatable bonds is 5. The lowest BCUT2D eigenvalue weighted by Gasteiger charge is -2.07. The van der Waals surface area contributed by atoms with Gasteiger partial charge in [0.05, 0.1) is 0 Å². The summed E-state index contributed by atoms with van der Waals surface area (Å²) in [7, 11) is -5.08. The number of alkyl halides is 3. The molecule has 17 heavy (non-hydrogen) atoms. The third kappa shape index (κ3) is 3.47. The van der Waals surface area contributed by atoms with Crippen molar-refractivity contribution in [3.8, 4) is 0 Å². The summed E-state index contributed by atoms with van der Waals surface area (Å²) in [6, 6.07) is 0. The fourth-order valence-corrected chi connectivity index (χ4v) is 3.07. The molecule has 0 aromatic carbocycles. The van der Waals surface area contributed by atoms with Crippen molar-refractivity contribution in [2.24, 2.45) is 5.92 Å². The third-order valence-electron chi connectivity index (χ3n) is 3.01. The molecule has 0 saturated heterocycles. The highest BCUT2D eigenvalue weighted by Crippen LogP contribution is 2.38. The average molecular weight is 270 g/mol. The van der Waals surface area contributed by atoms with E-state index in [0.29, 0.717) is 6.42 Å². The van der Waals surface area contributed by atoms with E-state index in [9.17, 15) is 21.6 Å². The van der Waals surface area contributed by atoms with E-state index in [-0.39, 0.29) is 12.3 Å². The van der Waals surface area contributed by atoms with Gasteiger partial charge in [-0.25, -0.2) is 8.42 Å². The molecule has 0 bridgehead atoms. The standard InChI is InChI=1S/C11H17F3O2S/c1-2-3-4-5-9-6-7-10(8-9)17(15,16)11(12,13)14/h8-9H,2-7H2,1H3. The minimum Gasteiger partial charge on any atom is -0.215 e. The highest BCUT2D eigenvalue weighted by atomic mass is 32.2. The Balaban J connectivity index is 2.66. The minimum absolute atomic E-state index is 0.00586. The number of sulfone groups is 1. The SMILES string of the molecule is CCCCCC1C=C(S(=O)(=O)C(F)(F)F)CC1. The van der Waals surface area contributed by atoms with Gasteiger partial charge in [0.2, 0.25) is 0 Å². The van der Waals surface area contributed by atoms with Gasteiger partial charge < -0.3 is 0 Å². The molecule has 0 aromatic rings. The maximum atomic E-state index is 12.3. The quantitative estimate of drug-likeness (QED) is 0.712. The Bertz CT molecular complexity index is 382. The van der Waals surface area contributed by atoms with E-state index in [2.05, 4.69) is 0 Å². The van der Waals surface area contributed by atoms with E-state index in [1.54, 1.807) is 0 Å². The van der Waals surface area contributed by atoms with Gasteiger partial charge in [-0.2, -0.15) is 13.2 Å². The predicted molar refractivity (Wildman–Crippen MR) is 59.9 cm³/mol. The summed E-state index contributed by atoms with van der Waals surface area (Å²) < 4.78 is 59.1. The van der Waals surface area contributed by atoms with Crippen molar-refractivity contribution in [2.75, 3.05) is 0 Å². The van der Waals surface area contributed by atoms with Gasteiger partial charge in [-0.1, -0.05) is 32.3 Å². The molecule has 0 aromatic heterocycles. The van der Waals surface area contributed by atoms with E-state index >= 15 is 0 Å². The number of unbranched alkanes of at least 4 members (excludes halogenated alkanes) is 2. The van der Waals surface area contributed by atoms with Crippen LogP contribution in [0.25, 0.3) is 0 Å². The summed E-state index contributed by atoms with van der Waals surface area (Å²) in [5.74, 6) is -0.00586. The van der Waals surface area contributed by atoms with Crippen molar-refractivity contribution in [1.29, 1.82) is 0 Å². The van der Waals surface area contributed by atoms with Crippen LogP contribution in [0.1, 0.15) is 45.4 Å². The molecule has 100 valence electrons. The average Bonchev–Trinajstić information content (AvgIpc) is 2.65. The largest absolute Gasteiger partial charge is 0.501 e. The smallest absolute Gasteiger partial charge is 0.215 e. The first kappa shape index (κ1) is 14.5. The van der Waals surface area contributed by atoms with Crippen LogP contribution in [0.4, 0.5) is 13.2 Å². The van der Waals surface area contributed by atoms with Gasteiger partial charge in [0.15, 0.2) is 0 Å². The Morgan fingerprint density at radius 3 is 2.53 bits per heavy atom. The first-order chi connectivity index (χ1) is 7.79. The Hall–Kier alpha value is -0.520. The number of hydrogen-bond acceptors (Lipinski definition) is 2. The topological polar surface area (TPSA) is 34.1 Å². The van der Waals surface area contributed by atoms with Crippen LogP contribution in [0.3, 0.4) is 0 Å². The van der Waals surface area contributed by atoms with E-state index in [0.717, 1.165) is 25.7 Å². The maximum Gasteiger partial charge on any atom is 0.501 e. The van der Waals surface area contributed by atoms with Crippen molar-refractivity contribution in [3.63, 3.8) is 0 Å². The van der Waals surface area contributed by atoms with E-state index in [1.807, 2.05) is 6.92 Å². The summed E-state index contributed by atoms with van der Waals surface area (Å²) in [6.45, 7) is 2.05. The lowest BCUT2D eigenvalue weighted by atomic mass is 10.0. The normalized spacial score (nSPS) is 21.6. The molecule has 1 aliphatic rings. The molecule has 1 rings (SSSR count). The Labute approximate surface area is 99.8 Å². The van der Waals surface area contributed by atoms with Crippen molar-refractivity contribution >= 4 is 9.84 Å². The fraction of sp³-hybridized carbons (Fsp3) is 0.818. The van der Waals surface area contributed by atoms with Crippen LogP contribution in [-0.4, -0.2) is 13.9 Å². The van der Waals surface area contributed by atoms with E-state index in [4.69, 9.17) is 0 Å². The number of allylic oxidation sites excluding steroid dienone is 2. The van der Waals surface area contributed by atoms with E-state index < -0.39 is 20.3 Å².